The van der Waals surface area contributed by atoms with Crippen molar-refractivity contribution in [3.8, 4) is 0 Å². The summed E-state index contributed by atoms with van der Waals surface area (Å²) in [7, 11) is 0. The Hall–Kier alpha value is -1.14. The first-order chi connectivity index (χ1) is 19.1. The van der Waals surface area contributed by atoms with Gasteiger partial charge in [-0.1, -0.05) is 35.4 Å². The number of hydrogen-bond acceptors (Lipinski definition) is 9. The van der Waals surface area contributed by atoms with Crippen molar-refractivity contribution in [2.75, 3.05) is 105 Å². The zero-order valence-corrected chi connectivity index (χ0v) is 25.4. The van der Waals surface area contributed by atoms with Crippen LogP contribution in [0.2, 0.25) is 0 Å². The topological polar surface area (TPSA) is 40.7 Å². The fourth-order valence-electron chi connectivity index (χ4n) is 4.49. The second kappa shape index (κ2) is 17.6. The lowest BCUT2D eigenvalue weighted by atomic mass is 10.2. The first kappa shape index (κ1) is 30.8. The Kier molecular flexibility index (Phi) is 13.9. The maximum Gasteiger partial charge on any atom is 0.0603 e. The third kappa shape index (κ3) is 12.1. The Balaban J connectivity index is 1.42. The van der Waals surface area contributed by atoms with Crippen LogP contribution in [-0.4, -0.2) is 123 Å². The summed E-state index contributed by atoms with van der Waals surface area (Å²) in [6.45, 7) is 18.2. The van der Waals surface area contributed by atoms with Crippen LogP contribution in [-0.2, 0) is 14.2 Å². The lowest BCUT2D eigenvalue weighted by Gasteiger charge is -2.30. The predicted octanol–water partition coefficient (Wildman–Crippen LogP) is 4.30. The molecule has 0 spiro atoms. The number of benzene rings is 2. The van der Waals surface area contributed by atoms with Crippen LogP contribution in [0, 0.1) is 13.8 Å². The Labute approximate surface area is 244 Å². The van der Waals surface area contributed by atoms with Crippen molar-refractivity contribution >= 4 is 23.9 Å². The highest BCUT2D eigenvalue weighted by molar-refractivity contribution is 7.97. The van der Waals surface area contributed by atoms with Crippen molar-refractivity contribution < 1.29 is 14.2 Å². The zero-order chi connectivity index (χ0) is 27.1. The van der Waals surface area contributed by atoms with E-state index in [1.807, 2.05) is 23.9 Å². The van der Waals surface area contributed by atoms with Gasteiger partial charge in [0.2, 0.25) is 0 Å². The van der Waals surface area contributed by atoms with E-state index in [1.165, 1.54) is 20.9 Å². The van der Waals surface area contributed by atoms with E-state index >= 15 is 0 Å². The van der Waals surface area contributed by atoms with Crippen molar-refractivity contribution in [2.24, 2.45) is 0 Å². The molecule has 3 heterocycles. The molecule has 0 radical (unpaired) electrons. The molecule has 2 bridgehead atoms. The largest absolute Gasteiger partial charge is 0.379 e. The molecule has 0 aliphatic carbocycles. The summed E-state index contributed by atoms with van der Waals surface area (Å²) >= 11 is 3.66. The number of fused-ring (bicyclic) bond motifs is 18. The second-order valence-electron chi connectivity index (χ2n) is 10.2. The summed E-state index contributed by atoms with van der Waals surface area (Å²) in [4.78, 5) is 7.50. The molecule has 5 rings (SSSR count). The lowest BCUT2D eigenvalue weighted by Crippen LogP contribution is -2.41. The minimum absolute atomic E-state index is 0.722. The average molecular weight is 575 g/mol. The van der Waals surface area contributed by atoms with Gasteiger partial charge in [0.05, 0.1) is 39.6 Å². The number of nitrogens with zero attached hydrogens (tertiary/aromatic N) is 4. The average Bonchev–Trinajstić information content (AvgIpc) is 2.93. The molecule has 0 N–H and O–H groups in total. The molecule has 39 heavy (non-hydrogen) atoms. The Bertz CT molecular complexity index is 847. The molecule has 0 saturated carbocycles. The van der Waals surface area contributed by atoms with E-state index in [0.717, 1.165) is 105 Å². The van der Waals surface area contributed by atoms with Crippen molar-refractivity contribution in [3.63, 3.8) is 0 Å². The molecule has 3 fully saturated rings. The van der Waals surface area contributed by atoms with Gasteiger partial charge in [0.15, 0.2) is 0 Å². The minimum atomic E-state index is 0.722. The molecule has 3 aliphatic heterocycles. The van der Waals surface area contributed by atoms with Crippen LogP contribution in [0.15, 0.2) is 58.3 Å². The highest BCUT2D eigenvalue weighted by atomic mass is 32.2. The van der Waals surface area contributed by atoms with Crippen LogP contribution in [0.4, 0.5) is 0 Å². The van der Waals surface area contributed by atoms with Crippen LogP contribution in [0.3, 0.4) is 0 Å². The first-order valence-electron chi connectivity index (χ1n) is 14.3. The van der Waals surface area contributed by atoms with Gasteiger partial charge in [-0.05, 0) is 62.0 Å². The highest BCUT2D eigenvalue weighted by Crippen LogP contribution is 2.24. The van der Waals surface area contributed by atoms with Crippen LogP contribution in [0.1, 0.15) is 11.1 Å². The summed E-state index contributed by atoms with van der Waals surface area (Å²) in [6, 6.07) is 17.6. The van der Waals surface area contributed by atoms with Gasteiger partial charge in [0, 0.05) is 75.2 Å². The second-order valence-corrected chi connectivity index (χ2v) is 12.5. The predicted molar refractivity (Wildman–Crippen MR) is 163 cm³/mol. The molecule has 0 unspecified atom stereocenters. The van der Waals surface area contributed by atoms with Gasteiger partial charge in [0.25, 0.3) is 0 Å². The van der Waals surface area contributed by atoms with Crippen molar-refractivity contribution in [1.29, 1.82) is 0 Å². The van der Waals surface area contributed by atoms with E-state index in [0.29, 0.717) is 0 Å². The molecule has 3 saturated heterocycles. The molecule has 2 aromatic rings. The minimum Gasteiger partial charge on any atom is -0.379 e. The highest BCUT2D eigenvalue weighted by Gasteiger charge is 2.15. The van der Waals surface area contributed by atoms with E-state index in [-0.39, 0.29) is 0 Å². The van der Waals surface area contributed by atoms with Crippen molar-refractivity contribution in [3.05, 3.63) is 59.7 Å². The Morgan fingerprint density at radius 1 is 0.436 bits per heavy atom. The monoisotopic (exact) mass is 574 g/mol. The molecule has 7 nitrogen and oxygen atoms in total. The van der Waals surface area contributed by atoms with Gasteiger partial charge in [-0.15, -0.1) is 0 Å². The fraction of sp³-hybridized carbons (Fsp3) is 0.600. The van der Waals surface area contributed by atoms with Gasteiger partial charge >= 0.3 is 0 Å². The molecule has 0 aromatic heterocycles. The maximum absolute atomic E-state index is 6.21. The fourth-order valence-corrected chi connectivity index (χ4v) is 6.28. The smallest absolute Gasteiger partial charge is 0.0603 e. The molecular formula is C30H46N4O3S2. The summed E-state index contributed by atoms with van der Waals surface area (Å²) in [6.07, 6.45) is 0. The van der Waals surface area contributed by atoms with Crippen LogP contribution >= 0.6 is 23.9 Å². The van der Waals surface area contributed by atoms with Crippen LogP contribution in [0.25, 0.3) is 0 Å². The molecule has 3 aliphatic rings. The zero-order valence-electron chi connectivity index (χ0n) is 23.8. The molecular weight excluding hydrogens is 528 g/mol. The lowest BCUT2D eigenvalue weighted by molar-refractivity contribution is 0.0346. The molecule has 2 aromatic carbocycles. The van der Waals surface area contributed by atoms with Crippen molar-refractivity contribution in [1.82, 2.24) is 18.4 Å². The quantitative estimate of drug-likeness (QED) is 0.393. The van der Waals surface area contributed by atoms with E-state index < -0.39 is 0 Å². The van der Waals surface area contributed by atoms with Gasteiger partial charge in [-0.25, -0.2) is 8.61 Å². The van der Waals surface area contributed by atoms with Gasteiger partial charge < -0.3 is 14.2 Å². The number of aryl methyl sites for hydroxylation is 2. The Morgan fingerprint density at radius 3 is 1.13 bits per heavy atom. The summed E-state index contributed by atoms with van der Waals surface area (Å²) in [5, 5.41) is 0. The van der Waals surface area contributed by atoms with Crippen LogP contribution in [0.5, 0.6) is 0 Å². The third-order valence-electron chi connectivity index (χ3n) is 7.02. The molecule has 0 amide bonds. The number of rotatable bonds is 4. The standard InChI is InChI=1S/C30H46N4O3S2/c1-27-3-7-29(8-4-27)38-33-13-11-31-15-21-35-23-17-32(18-24-36-22-16-31)12-14-34(20-26-37-25-19-33)39-30-9-5-28(2)6-10-30/h3-10H,11-26H2,1-2H3. The van der Waals surface area contributed by atoms with Crippen LogP contribution < -0.4 is 0 Å². The first-order valence-corrected chi connectivity index (χ1v) is 15.9. The van der Waals surface area contributed by atoms with E-state index in [1.54, 1.807) is 0 Å². The summed E-state index contributed by atoms with van der Waals surface area (Å²) < 4.78 is 23.3. The van der Waals surface area contributed by atoms with Gasteiger partial charge in [-0.2, -0.15) is 0 Å². The normalized spacial score (nSPS) is 24.3. The van der Waals surface area contributed by atoms with E-state index in [9.17, 15) is 0 Å². The molecule has 0 atom stereocenters. The maximum atomic E-state index is 6.21. The summed E-state index contributed by atoms with van der Waals surface area (Å²) in [5.41, 5.74) is 2.58. The van der Waals surface area contributed by atoms with E-state index in [2.05, 4.69) is 80.8 Å². The number of ether oxygens (including phenoxy) is 3. The summed E-state index contributed by atoms with van der Waals surface area (Å²) in [5.74, 6) is 0. The van der Waals surface area contributed by atoms with Gasteiger partial charge in [-0.3, -0.25) is 9.80 Å². The molecule has 216 valence electrons. The molecule has 9 heteroatoms. The third-order valence-corrected chi connectivity index (χ3v) is 9.23. The van der Waals surface area contributed by atoms with Crippen molar-refractivity contribution in [2.45, 2.75) is 23.6 Å². The Morgan fingerprint density at radius 2 is 0.769 bits per heavy atom. The SMILES string of the molecule is Cc1ccc(SN2CCOCCN(Sc3ccc(C)cc3)CCN3CCOCCN(CCOCC3)CC2)cc1. The number of hydrogen-bond donors (Lipinski definition) is 0. The van der Waals surface area contributed by atoms with E-state index in [4.69, 9.17) is 14.2 Å². The van der Waals surface area contributed by atoms with Gasteiger partial charge in [0.1, 0.15) is 0 Å².